The van der Waals surface area contributed by atoms with Gasteiger partial charge >= 0.3 is 5.69 Å². The van der Waals surface area contributed by atoms with Crippen LogP contribution in [-0.4, -0.2) is 33.6 Å². The van der Waals surface area contributed by atoms with Crippen molar-refractivity contribution in [3.8, 4) is 5.75 Å². The summed E-state index contributed by atoms with van der Waals surface area (Å²) in [7, 11) is 0. The largest absolute Gasteiger partial charge is 0.492 e. The Morgan fingerprint density at radius 1 is 1.18 bits per heavy atom. The van der Waals surface area contributed by atoms with E-state index in [0.717, 1.165) is 16.3 Å². The van der Waals surface area contributed by atoms with Crippen molar-refractivity contribution in [2.75, 3.05) is 13.2 Å². The number of rotatable bonds is 7. The Balaban J connectivity index is 1.63. The second kappa shape index (κ2) is 8.81. The molecule has 144 valence electrons. The summed E-state index contributed by atoms with van der Waals surface area (Å²) in [5.74, 6) is 0.116. The van der Waals surface area contributed by atoms with Gasteiger partial charge in [-0.3, -0.25) is 19.1 Å². The zero-order valence-electron chi connectivity index (χ0n) is 15.3. The Kier molecular flexibility index (Phi) is 6.01. The SMILES string of the molecule is Cc1ccc(OCCNC(=O)c2c[nH]c(=O)n(Cc3ccccn3)c2=O)cc1. The number of amides is 1. The molecule has 0 spiro atoms. The van der Waals surface area contributed by atoms with Crippen molar-refractivity contribution in [1.82, 2.24) is 19.9 Å². The fraction of sp³-hybridized carbons (Fsp3) is 0.200. The first-order valence-electron chi connectivity index (χ1n) is 8.74. The predicted molar refractivity (Wildman–Crippen MR) is 104 cm³/mol. The molecule has 0 fully saturated rings. The number of aromatic nitrogens is 3. The second-order valence-electron chi connectivity index (χ2n) is 6.14. The van der Waals surface area contributed by atoms with Gasteiger partial charge in [-0.15, -0.1) is 0 Å². The van der Waals surface area contributed by atoms with E-state index in [-0.39, 0.29) is 25.3 Å². The van der Waals surface area contributed by atoms with Gasteiger partial charge in [-0.25, -0.2) is 4.79 Å². The molecule has 0 aliphatic heterocycles. The Labute approximate surface area is 160 Å². The zero-order chi connectivity index (χ0) is 19.9. The van der Waals surface area contributed by atoms with E-state index in [2.05, 4.69) is 15.3 Å². The van der Waals surface area contributed by atoms with Crippen molar-refractivity contribution in [3.05, 3.63) is 92.5 Å². The van der Waals surface area contributed by atoms with Gasteiger partial charge in [-0.1, -0.05) is 23.8 Å². The van der Waals surface area contributed by atoms with Crippen molar-refractivity contribution in [2.24, 2.45) is 0 Å². The number of aromatic amines is 1. The first-order valence-corrected chi connectivity index (χ1v) is 8.74. The van der Waals surface area contributed by atoms with Crippen molar-refractivity contribution in [2.45, 2.75) is 13.5 Å². The molecule has 1 aromatic carbocycles. The highest BCUT2D eigenvalue weighted by Crippen LogP contribution is 2.10. The lowest BCUT2D eigenvalue weighted by molar-refractivity contribution is 0.0944. The van der Waals surface area contributed by atoms with Crippen LogP contribution in [0.15, 0.2) is 64.4 Å². The molecule has 0 aliphatic carbocycles. The maximum Gasteiger partial charge on any atom is 0.328 e. The van der Waals surface area contributed by atoms with Crippen LogP contribution in [0.25, 0.3) is 0 Å². The molecule has 2 heterocycles. The van der Waals surface area contributed by atoms with E-state index in [1.807, 2.05) is 31.2 Å². The van der Waals surface area contributed by atoms with Gasteiger partial charge in [0.15, 0.2) is 0 Å². The molecule has 0 unspecified atom stereocenters. The number of nitrogens with zero attached hydrogens (tertiary/aromatic N) is 2. The maximum absolute atomic E-state index is 12.5. The van der Waals surface area contributed by atoms with E-state index < -0.39 is 17.2 Å². The first-order chi connectivity index (χ1) is 13.5. The molecule has 0 radical (unpaired) electrons. The van der Waals surface area contributed by atoms with Gasteiger partial charge in [-0.2, -0.15) is 0 Å². The number of aryl methyl sites for hydroxylation is 1. The highest BCUT2D eigenvalue weighted by atomic mass is 16.5. The number of ether oxygens (including phenoxy) is 1. The molecule has 1 amide bonds. The molecule has 0 saturated heterocycles. The third-order valence-electron chi connectivity index (χ3n) is 4.03. The molecule has 0 saturated carbocycles. The van der Waals surface area contributed by atoms with Crippen LogP contribution in [0.2, 0.25) is 0 Å². The topological polar surface area (TPSA) is 106 Å². The van der Waals surface area contributed by atoms with Crippen molar-refractivity contribution >= 4 is 5.91 Å². The van der Waals surface area contributed by atoms with Gasteiger partial charge in [0.25, 0.3) is 11.5 Å². The molecular formula is C20H20N4O4. The minimum absolute atomic E-state index is 0.0212. The predicted octanol–water partition coefficient (Wildman–Crippen LogP) is 1.10. The van der Waals surface area contributed by atoms with Crippen LogP contribution in [0.5, 0.6) is 5.75 Å². The quantitative estimate of drug-likeness (QED) is 0.597. The van der Waals surface area contributed by atoms with Crippen LogP contribution in [0.4, 0.5) is 0 Å². The molecule has 3 rings (SSSR count). The van der Waals surface area contributed by atoms with Gasteiger partial charge in [-0.05, 0) is 31.2 Å². The molecule has 8 heteroatoms. The van der Waals surface area contributed by atoms with Crippen LogP contribution >= 0.6 is 0 Å². The number of H-pyrrole nitrogens is 1. The van der Waals surface area contributed by atoms with Crippen molar-refractivity contribution < 1.29 is 9.53 Å². The summed E-state index contributed by atoms with van der Waals surface area (Å²) < 4.78 is 6.48. The van der Waals surface area contributed by atoms with E-state index in [1.165, 1.54) is 0 Å². The normalized spacial score (nSPS) is 10.5. The lowest BCUT2D eigenvalue weighted by Gasteiger charge is -2.09. The summed E-state index contributed by atoms with van der Waals surface area (Å²) in [5.41, 5.74) is 0.243. The van der Waals surface area contributed by atoms with Crippen LogP contribution in [0, 0.1) is 6.92 Å². The van der Waals surface area contributed by atoms with Crippen molar-refractivity contribution in [1.29, 1.82) is 0 Å². The molecule has 3 aromatic rings. The first kappa shape index (κ1) is 19.1. The molecule has 0 bridgehead atoms. The molecule has 28 heavy (non-hydrogen) atoms. The summed E-state index contributed by atoms with van der Waals surface area (Å²) in [6.45, 7) is 2.42. The van der Waals surface area contributed by atoms with Gasteiger partial charge in [0.1, 0.15) is 17.9 Å². The number of hydrogen-bond donors (Lipinski definition) is 2. The third kappa shape index (κ3) is 4.73. The second-order valence-corrected chi connectivity index (χ2v) is 6.14. The highest BCUT2D eigenvalue weighted by molar-refractivity contribution is 5.93. The summed E-state index contributed by atoms with van der Waals surface area (Å²) in [6, 6.07) is 12.7. The number of hydrogen-bond acceptors (Lipinski definition) is 5. The van der Waals surface area contributed by atoms with E-state index in [0.29, 0.717) is 11.4 Å². The molecule has 2 aromatic heterocycles. The summed E-state index contributed by atoms with van der Waals surface area (Å²) >= 11 is 0. The zero-order valence-corrected chi connectivity index (χ0v) is 15.3. The van der Waals surface area contributed by atoms with Gasteiger partial charge in [0, 0.05) is 12.4 Å². The minimum atomic E-state index is -0.675. The fourth-order valence-corrected chi connectivity index (χ4v) is 2.53. The van der Waals surface area contributed by atoms with Gasteiger partial charge in [0.2, 0.25) is 0 Å². The molecular weight excluding hydrogens is 360 g/mol. The standard InChI is InChI=1S/C20H20N4O4/c1-14-5-7-16(8-6-14)28-11-10-22-18(25)17-12-23-20(27)24(19(17)26)13-15-4-2-3-9-21-15/h2-9,12H,10-11,13H2,1H3,(H,22,25)(H,23,27). The third-order valence-corrected chi connectivity index (χ3v) is 4.03. The Bertz CT molecular complexity index is 1060. The molecule has 8 nitrogen and oxygen atoms in total. The lowest BCUT2D eigenvalue weighted by Crippen LogP contribution is -2.41. The number of carbonyl (C=O) groups excluding carboxylic acids is 1. The van der Waals surface area contributed by atoms with E-state index in [4.69, 9.17) is 4.74 Å². The van der Waals surface area contributed by atoms with Crippen LogP contribution in [0.1, 0.15) is 21.6 Å². The van der Waals surface area contributed by atoms with E-state index in [9.17, 15) is 14.4 Å². The summed E-state index contributed by atoms with van der Waals surface area (Å²) in [4.78, 5) is 43.4. The lowest BCUT2D eigenvalue weighted by atomic mass is 10.2. The summed E-state index contributed by atoms with van der Waals surface area (Å²) in [5, 5.41) is 2.62. The monoisotopic (exact) mass is 380 g/mol. The summed E-state index contributed by atoms with van der Waals surface area (Å²) in [6.07, 6.45) is 2.69. The number of pyridine rings is 1. The number of carbonyl (C=O) groups is 1. The molecule has 0 aliphatic rings. The smallest absolute Gasteiger partial charge is 0.328 e. The van der Waals surface area contributed by atoms with Gasteiger partial charge < -0.3 is 15.0 Å². The Morgan fingerprint density at radius 3 is 2.68 bits per heavy atom. The van der Waals surface area contributed by atoms with Crippen LogP contribution in [-0.2, 0) is 6.54 Å². The van der Waals surface area contributed by atoms with E-state index >= 15 is 0 Å². The fourth-order valence-electron chi connectivity index (χ4n) is 2.53. The Morgan fingerprint density at radius 2 is 1.96 bits per heavy atom. The highest BCUT2D eigenvalue weighted by Gasteiger charge is 2.15. The van der Waals surface area contributed by atoms with E-state index in [1.54, 1.807) is 24.4 Å². The van der Waals surface area contributed by atoms with Crippen LogP contribution < -0.4 is 21.3 Å². The average Bonchev–Trinajstić information content (AvgIpc) is 2.70. The van der Waals surface area contributed by atoms with Crippen LogP contribution in [0.3, 0.4) is 0 Å². The molecule has 2 N–H and O–H groups in total. The average molecular weight is 380 g/mol. The number of benzene rings is 1. The number of nitrogens with one attached hydrogen (secondary N) is 2. The molecule has 0 atom stereocenters. The Hall–Kier alpha value is -3.68. The minimum Gasteiger partial charge on any atom is -0.492 e. The maximum atomic E-state index is 12.5. The van der Waals surface area contributed by atoms with Gasteiger partial charge in [0.05, 0.1) is 18.8 Å². The van der Waals surface area contributed by atoms with Crippen molar-refractivity contribution in [3.63, 3.8) is 0 Å².